The normalized spacial score (nSPS) is 26.8. The van der Waals surface area contributed by atoms with E-state index in [9.17, 15) is 5.11 Å². The van der Waals surface area contributed by atoms with Crippen molar-refractivity contribution >= 4 is 11.6 Å². The first kappa shape index (κ1) is 13.7. The Kier molecular flexibility index (Phi) is 4.49. The smallest absolute Gasteiger partial charge is 0.130 e. The van der Waals surface area contributed by atoms with E-state index in [0.717, 1.165) is 22.8 Å². The molecule has 1 aliphatic rings. The molecule has 1 aromatic carbocycles. The fraction of sp³-hybridized carbons (Fsp3) is 0.571. The quantitative estimate of drug-likeness (QED) is 0.894. The van der Waals surface area contributed by atoms with Crippen LogP contribution in [0.15, 0.2) is 18.2 Å². The summed E-state index contributed by atoms with van der Waals surface area (Å²) in [7, 11) is 0. The standard InChI is InChI=1S/C14H19ClO3/c1-3-6-17-14-12(16)8-13(14)18-10-4-5-11(15)9(2)7-10/h4-5,7,12-14,16H,3,6,8H2,1-2H3. The lowest BCUT2D eigenvalue weighted by Crippen LogP contribution is -2.55. The number of benzene rings is 1. The topological polar surface area (TPSA) is 38.7 Å². The maximum Gasteiger partial charge on any atom is 0.130 e. The molecule has 0 aliphatic heterocycles. The van der Waals surface area contributed by atoms with Gasteiger partial charge in [-0.2, -0.15) is 0 Å². The van der Waals surface area contributed by atoms with Crippen LogP contribution in [0.5, 0.6) is 5.75 Å². The molecule has 1 aliphatic carbocycles. The van der Waals surface area contributed by atoms with Gasteiger partial charge in [-0.1, -0.05) is 18.5 Å². The zero-order valence-electron chi connectivity index (χ0n) is 10.7. The predicted molar refractivity (Wildman–Crippen MR) is 71.3 cm³/mol. The summed E-state index contributed by atoms with van der Waals surface area (Å²) in [4.78, 5) is 0. The molecule has 1 fully saturated rings. The van der Waals surface area contributed by atoms with Gasteiger partial charge in [-0.25, -0.2) is 0 Å². The largest absolute Gasteiger partial charge is 0.488 e. The third kappa shape index (κ3) is 2.97. The summed E-state index contributed by atoms with van der Waals surface area (Å²) in [6, 6.07) is 5.57. The summed E-state index contributed by atoms with van der Waals surface area (Å²) in [6.07, 6.45) is 0.884. The minimum atomic E-state index is -0.407. The Labute approximate surface area is 113 Å². The van der Waals surface area contributed by atoms with Crippen molar-refractivity contribution < 1.29 is 14.6 Å². The third-order valence-corrected chi connectivity index (χ3v) is 3.57. The molecule has 0 amide bonds. The summed E-state index contributed by atoms with van der Waals surface area (Å²) < 4.78 is 11.4. The van der Waals surface area contributed by atoms with Crippen molar-refractivity contribution in [3.05, 3.63) is 28.8 Å². The minimum absolute atomic E-state index is 0.0628. The van der Waals surface area contributed by atoms with Gasteiger partial charge in [0, 0.05) is 18.1 Å². The molecule has 0 saturated heterocycles. The third-order valence-electron chi connectivity index (χ3n) is 3.15. The lowest BCUT2D eigenvalue weighted by molar-refractivity contribution is -0.162. The number of aliphatic hydroxyl groups is 1. The highest BCUT2D eigenvalue weighted by atomic mass is 35.5. The summed E-state index contributed by atoms with van der Waals surface area (Å²) in [5.74, 6) is 0.777. The second-order valence-electron chi connectivity index (χ2n) is 4.71. The Hall–Kier alpha value is -0.770. The van der Waals surface area contributed by atoms with Crippen LogP contribution >= 0.6 is 11.6 Å². The molecule has 0 spiro atoms. The first-order valence-corrected chi connectivity index (χ1v) is 6.72. The summed E-state index contributed by atoms with van der Waals surface area (Å²) >= 11 is 5.97. The second-order valence-corrected chi connectivity index (χ2v) is 5.11. The molecule has 0 aromatic heterocycles. The van der Waals surface area contributed by atoms with Crippen LogP contribution in [0.1, 0.15) is 25.3 Å². The van der Waals surface area contributed by atoms with Crippen molar-refractivity contribution in [3.8, 4) is 5.75 Å². The number of ether oxygens (including phenoxy) is 2. The van der Waals surface area contributed by atoms with E-state index in [1.54, 1.807) is 0 Å². The van der Waals surface area contributed by atoms with Crippen molar-refractivity contribution in [1.29, 1.82) is 0 Å². The highest BCUT2D eigenvalue weighted by molar-refractivity contribution is 6.31. The molecule has 3 nitrogen and oxygen atoms in total. The van der Waals surface area contributed by atoms with Crippen molar-refractivity contribution in [2.45, 2.75) is 45.0 Å². The van der Waals surface area contributed by atoms with Crippen LogP contribution in [0.4, 0.5) is 0 Å². The molecule has 0 bridgehead atoms. The number of hydrogen-bond donors (Lipinski definition) is 1. The minimum Gasteiger partial charge on any atom is -0.488 e. The van der Waals surface area contributed by atoms with Gasteiger partial charge in [0.1, 0.15) is 18.0 Å². The average Bonchev–Trinajstić information content (AvgIpc) is 2.33. The molecule has 0 heterocycles. The van der Waals surface area contributed by atoms with Crippen molar-refractivity contribution in [3.63, 3.8) is 0 Å². The number of halogens is 1. The molecule has 1 aromatic rings. The maximum atomic E-state index is 9.66. The van der Waals surface area contributed by atoms with Gasteiger partial charge in [-0.3, -0.25) is 0 Å². The Bertz CT molecular complexity index is 408. The SMILES string of the molecule is CCCOC1C(O)CC1Oc1ccc(Cl)c(C)c1. The van der Waals surface area contributed by atoms with Crippen LogP contribution in [-0.4, -0.2) is 30.0 Å². The van der Waals surface area contributed by atoms with E-state index in [2.05, 4.69) is 0 Å². The van der Waals surface area contributed by atoms with Crippen LogP contribution in [0.2, 0.25) is 5.02 Å². The van der Waals surface area contributed by atoms with E-state index in [4.69, 9.17) is 21.1 Å². The van der Waals surface area contributed by atoms with E-state index in [1.165, 1.54) is 0 Å². The van der Waals surface area contributed by atoms with Gasteiger partial charge in [0.05, 0.1) is 6.10 Å². The van der Waals surface area contributed by atoms with Crippen molar-refractivity contribution in [1.82, 2.24) is 0 Å². The van der Waals surface area contributed by atoms with Gasteiger partial charge in [0.15, 0.2) is 0 Å². The Morgan fingerprint density at radius 2 is 2.22 bits per heavy atom. The zero-order chi connectivity index (χ0) is 13.1. The maximum absolute atomic E-state index is 9.66. The lowest BCUT2D eigenvalue weighted by Gasteiger charge is -2.40. The molecule has 3 atom stereocenters. The van der Waals surface area contributed by atoms with Gasteiger partial charge in [0.25, 0.3) is 0 Å². The molecule has 18 heavy (non-hydrogen) atoms. The zero-order valence-corrected chi connectivity index (χ0v) is 11.5. The van der Waals surface area contributed by atoms with E-state index < -0.39 is 6.10 Å². The number of rotatable bonds is 5. The highest BCUT2D eigenvalue weighted by Crippen LogP contribution is 2.30. The van der Waals surface area contributed by atoms with Gasteiger partial charge in [-0.15, -0.1) is 0 Å². The van der Waals surface area contributed by atoms with Crippen LogP contribution in [0.25, 0.3) is 0 Å². The molecular weight excluding hydrogens is 252 g/mol. The number of hydrogen-bond acceptors (Lipinski definition) is 3. The van der Waals surface area contributed by atoms with E-state index in [1.807, 2.05) is 32.0 Å². The van der Waals surface area contributed by atoms with E-state index in [0.29, 0.717) is 13.0 Å². The Morgan fingerprint density at radius 3 is 2.83 bits per heavy atom. The van der Waals surface area contributed by atoms with Crippen LogP contribution in [0, 0.1) is 6.92 Å². The lowest BCUT2D eigenvalue weighted by atomic mass is 9.88. The van der Waals surface area contributed by atoms with Gasteiger partial charge in [-0.05, 0) is 37.1 Å². The molecule has 2 rings (SSSR count). The summed E-state index contributed by atoms with van der Waals surface area (Å²) in [5, 5.41) is 10.4. The van der Waals surface area contributed by atoms with Gasteiger partial charge < -0.3 is 14.6 Å². The molecule has 1 N–H and O–H groups in total. The number of aliphatic hydroxyl groups excluding tert-OH is 1. The van der Waals surface area contributed by atoms with Gasteiger partial charge >= 0.3 is 0 Å². The second kappa shape index (κ2) is 5.91. The first-order chi connectivity index (χ1) is 8.61. The van der Waals surface area contributed by atoms with Crippen LogP contribution < -0.4 is 4.74 Å². The highest BCUT2D eigenvalue weighted by Gasteiger charge is 2.42. The monoisotopic (exact) mass is 270 g/mol. The van der Waals surface area contributed by atoms with E-state index in [-0.39, 0.29) is 12.2 Å². The Balaban J connectivity index is 1.94. The summed E-state index contributed by atoms with van der Waals surface area (Å²) in [6.45, 7) is 4.64. The molecule has 100 valence electrons. The van der Waals surface area contributed by atoms with Crippen molar-refractivity contribution in [2.75, 3.05) is 6.61 Å². The predicted octanol–water partition coefficient (Wildman–Crippen LogP) is 2.96. The number of aryl methyl sites for hydroxylation is 1. The molecular formula is C14H19ClO3. The molecule has 4 heteroatoms. The Morgan fingerprint density at radius 1 is 1.44 bits per heavy atom. The fourth-order valence-corrected chi connectivity index (χ4v) is 2.13. The van der Waals surface area contributed by atoms with Crippen molar-refractivity contribution in [2.24, 2.45) is 0 Å². The average molecular weight is 271 g/mol. The van der Waals surface area contributed by atoms with Crippen LogP contribution in [-0.2, 0) is 4.74 Å². The molecule has 0 radical (unpaired) electrons. The summed E-state index contributed by atoms with van der Waals surface area (Å²) in [5.41, 5.74) is 0.986. The van der Waals surface area contributed by atoms with Gasteiger partial charge in [0.2, 0.25) is 0 Å². The molecule has 1 saturated carbocycles. The van der Waals surface area contributed by atoms with Crippen LogP contribution in [0.3, 0.4) is 0 Å². The van der Waals surface area contributed by atoms with E-state index >= 15 is 0 Å². The first-order valence-electron chi connectivity index (χ1n) is 6.34. The molecule has 3 unspecified atom stereocenters. The fourth-order valence-electron chi connectivity index (χ4n) is 2.01.